The molecule has 0 spiro atoms. The molecule has 1 fully saturated rings. The van der Waals surface area contributed by atoms with Gasteiger partial charge in [0.1, 0.15) is 30.5 Å². The van der Waals surface area contributed by atoms with Crippen LogP contribution in [0.5, 0.6) is 5.75 Å². The molecule has 37 heavy (non-hydrogen) atoms. The Morgan fingerprint density at radius 2 is 1.89 bits per heavy atom. The van der Waals surface area contributed by atoms with Crippen molar-refractivity contribution < 1.29 is 38.5 Å². The molecule has 11 nitrogen and oxygen atoms in total. The number of alkyl carbamates (subject to hydrolysis) is 1. The van der Waals surface area contributed by atoms with Crippen molar-refractivity contribution in [2.24, 2.45) is 5.41 Å². The maximum atomic E-state index is 13.5. The van der Waals surface area contributed by atoms with E-state index in [1.54, 1.807) is 20.8 Å². The van der Waals surface area contributed by atoms with Crippen LogP contribution in [0.3, 0.4) is 0 Å². The van der Waals surface area contributed by atoms with Crippen molar-refractivity contribution in [3.8, 4) is 5.75 Å². The molecule has 3 amide bonds. The van der Waals surface area contributed by atoms with Gasteiger partial charge in [0.15, 0.2) is 0 Å². The van der Waals surface area contributed by atoms with Gasteiger partial charge in [-0.25, -0.2) is 14.4 Å². The van der Waals surface area contributed by atoms with Crippen LogP contribution in [-0.2, 0) is 32.2 Å². The number of nitrogens with one attached hydrogen (secondary N) is 1. The number of carbonyl (C=O) groups is 4. The molecule has 0 saturated carbocycles. The molecule has 1 saturated heterocycles. The zero-order chi connectivity index (χ0) is 26.7. The number of fused-ring (bicyclic) bond motifs is 3. The second kappa shape index (κ2) is 10.7. The highest BCUT2D eigenvalue weighted by Gasteiger charge is 2.46. The van der Waals surface area contributed by atoms with Crippen molar-refractivity contribution in [3.05, 3.63) is 41.5 Å². The second-order valence-corrected chi connectivity index (χ2v) is 10.5. The molecule has 3 aliphatic rings. The van der Waals surface area contributed by atoms with Crippen LogP contribution in [0.1, 0.15) is 44.7 Å². The molecule has 3 aliphatic heterocycles. The Bertz CT molecular complexity index is 1100. The van der Waals surface area contributed by atoms with Gasteiger partial charge >= 0.3 is 18.2 Å². The molecule has 0 aliphatic carbocycles. The number of carboxylic acids is 1. The topological polar surface area (TPSA) is 135 Å². The largest absolute Gasteiger partial charge is 0.489 e. The van der Waals surface area contributed by atoms with Gasteiger partial charge in [-0.3, -0.25) is 9.69 Å². The summed E-state index contributed by atoms with van der Waals surface area (Å²) in [5, 5.41) is 12.4. The number of nitrogens with zero attached hydrogens (tertiary/aromatic N) is 2. The molecule has 1 aromatic rings. The van der Waals surface area contributed by atoms with Gasteiger partial charge in [-0.2, -0.15) is 0 Å². The van der Waals surface area contributed by atoms with Crippen LogP contribution in [0.25, 0.3) is 0 Å². The maximum Gasteiger partial charge on any atom is 0.410 e. The summed E-state index contributed by atoms with van der Waals surface area (Å²) in [6.45, 7) is 6.25. The highest BCUT2D eigenvalue weighted by Crippen LogP contribution is 2.33. The predicted octanol–water partition coefficient (Wildman–Crippen LogP) is 2.67. The van der Waals surface area contributed by atoms with Crippen LogP contribution in [0.15, 0.2) is 30.4 Å². The minimum Gasteiger partial charge on any atom is -0.489 e. The first kappa shape index (κ1) is 26.3. The van der Waals surface area contributed by atoms with Gasteiger partial charge in [0.05, 0.1) is 19.7 Å². The number of benzene rings is 1. The number of ether oxygens (including phenoxy) is 3. The summed E-state index contributed by atoms with van der Waals surface area (Å²) >= 11 is 0. The lowest BCUT2D eigenvalue weighted by Crippen LogP contribution is -2.57. The number of carboxylic acid groups (broad SMARTS) is 1. The number of hydrogen-bond donors (Lipinski definition) is 2. The van der Waals surface area contributed by atoms with Crippen molar-refractivity contribution in [3.63, 3.8) is 0 Å². The van der Waals surface area contributed by atoms with Crippen molar-refractivity contribution >= 4 is 24.1 Å². The van der Waals surface area contributed by atoms with Crippen molar-refractivity contribution in [2.75, 3.05) is 19.8 Å². The summed E-state index contributed by atoms with van der Waals surface area (Å²) in [5.41, 5.74) is 1.10. The molecule has 2 N–H and O–H groups in total. The lowest BCUT2D eigenvalue weighted by atomic mass is 9.85. The molecular formula is C26H33N3O8. The Labute approximate surface area is 215 Å². The number of rotatable bonds is 1. The minimum atomic E-state index is -1.21. The molecule has 11 heteroatoms. The summed E-state index contributed by atoms with van der Waals surface area (Å²) in [4.78, 5) is 53.7. The Hall–Kier alpha value is -3.76. The first-order valence-electron chi connectivity index (χ1n) is 12.4. The molecule has 3 heterocycles. The number of aliphatic carboxylic acids is 1. The summed E-state index contributed by atoms with van der Waals surface area (Å²) < 4.78 is 16.8. The van der Waals surface area contributed by atoms with Gasteiger partial charge in [0.25, 0.3) is 0 Å². The highest BCUT2D eigenvalue weighted by molar-refractivity contribution is 5.90. The van der Waals surface area contributed by atoms with E-state index in [0.717, 1.165) is 11.1 Å². The average Bonchev–Trinajstić information content (AvgIpc) is 3.45. The van der Waals surface area contributed by atoms with Crippen molar-refractivity contribution in [2.45, 2.75) is 64.9 Å². The zero-order valence-corrected chi connectivity index (χ0v) is 21.3. The Morgan fingerprint density at radius 3 is 2.62 bits per heavy atom. The third-order valence-electron chi connectivity index (χ3n) is 6.69. The smallest absolute Gasteiger partial charge is 0.410 e. The quantitative estimate of drug-likeness (QED) is 0.545. The van der Waals surface area contributed by atoms with E-state index >= 15 is 0 Å². The SMILES string of the molecule is CC(C)(C)[C@@H]1NC(=O)OCC/C=C/COc2cccc3c2CN(C3)C(=O)O[C@@H]2CC(C(=O)O)N(C2)C1=O. The Morgan fingerprint density at radius 1 is 1.11 bits per heavy atom. The van der Waals surface area contributed by atoms with Gasteiger partial charge < -0.3 is 29.5 Å². The normalized spacial score (nSPS) is 26.0. The lowest BCUT2D eigenvalue weighted by molar-refractivity contribution is -0.150. The lowest BCUT2D eigenvalue weighted by Gasteiger charge is -2.34. The molecule has 4 rings (SSSR count). The fraction of sp³-hybridized carbons (Fsp3) is 0.538. The van der Waals surface area contributed by atoms with Gasteiger partial charge in [0.2, 0.25) is 5.91 Å². The number of cyclic esters (lactones) is 1. The van der Waals surface area contributed by atoms with E-state index in [0.29, 0.717) is 31.9 Å². The Kier molecular flexibility index (Phi) is 7.60. The standard InChI is InChI=1S/C26H33N3O8/c1-26(2,3)21-22(30)29-14-17(12-19(29)23(31)32)37-25(34)28-13-16-8-7-9-20(18(16)15-28)35-10-5-4-6-11-36-24(33)27-21/h4-5,7-9,17,19,21H,6,10-15H2,1-3H3,(H,27,33)(H,31,32)/b5-4+/t17-,19?,21-/m1/s1. The van der Waals surface area contributed by atoms with Crippen molar-refractivity contribution in [1.29, 1.82) is 0 Å². The number of hydrogen-bond acceptors (Lipinski definition) is 7. The van der Waals surface area contributed by atoms with Crippen LogP contribution in [0.2, 0.25) is 0 Å². The van der Waals surface area contributed by atoms with E-state index in [1.807, 2.05) is 30.4 Å². The summed E-state index contributed by atoms with van der Waals surface area (Å²) in [5.74, 6) is -1.11. The van der Waals surface area contributed by atoms with E-state index in [-0.39, 0.29) is 19.6 Å². The third-order valence-corrected chi connectivity index (χ3v) is 6.69. The van der Waals surface area contributed by atoms with Gasteiger partial charge in [-0.15, -0.1) is 0 Å². The van der Waals surface area contributed by atoms with Gasteiger partial charge in [-0.1, -0.05) is 45.1 Å². The van der Waals surface area contributed by atoms with E-state index in [9.17, 15) is 24.3 Å². The molecule has 0 radical (unpaired) electrons. The highest BCUT2D eigenvalue weighted by atomic mass is 16.6. The fourth-order valence-electron chi connectivity index (χ4n) is 4.75. The van der Waals surface area contributed by atoms with E-state index in [1.165, 1.54) is 9.80 Å². The average molecular weight is 516 g/mol. The summed E-state index contributed by atoms with van der Waals surface area (Å²) in [7, 11) is 0. The summed E-state index contributed by atoms with van der Waals surface area (Å²) in [6.07, 6.45) is 1.88. The second-order valence-electron chi connectivity index (χ2n) is 10.5. The summed E-state index contributed by atoms with van der Waals surface area (Å²) in [6, 6.07) is 3.38. The number of amides is 3. The molecule has 1 unspecified atom stereocenters. The minimum absolute atomic E-state index is 0.0467. The monoisotopic (exact) mass is 515 g/mol. The van der Waals surface area contributed by atoms with Gasteiger partial charge in [-0.05, 0) is 23.5 Å². The fourth-order valence-corrected chi connectivity index (χ4v) is 4.75. The molecule has 0 aromatic heterocycles. The first-order valence-corrected chi connectivity index (χ1v) is 12.4. The van der Waals surface area contributed by atoms with Crippen LogP contribution >= 0.6 is 0 Å². The number of carbonyl (C=O) groups excluding carboxylic acids is 3. The van der Waals surface area contributed by atoms with E-state index in [2.05, 4.69) is 5.32 Å². The van der Waals surface area contributed by atoms with Crippen LogP contribution in [-0.4, -0.2) is 76.9 Å². The van der Waals surface area contributed by atoms with E-state index < -0.39 is 47.7 Å². The van der Waals surface area contributed by atoms with Crippen LogP contribution < -0.4 is 10.1 Å². The molecular weight excluding hydrogens is 482 g/mol. The zero-order valence-electron chi connectivity index (χ0n) is 21.3. The van der Waals surface area contributed by atoms with Crippen molar-refractivity contribution in [1.82, 2.24) is 15.1 Å². The molecule has 3 atom stereocenters. The third kappa shape index (κ3) is 5.98. The van der Waals surface area contributed by atoms with E-state index in [4.69, 9.17) is 14.2 Å². The molecule has 1 aromatic carbocycles. The van der Waals surface area contributed by atoms with Gasteiger partial charge in [0, 0.05) is 18.5 Å². The predicted molar refractivity (Wildman–Crippen MR) is 131 cm³/mol. The molecule has 200 valence electrons. The van der Waals surface area contributed by atoms with Crippen LogP contribution in [0.4, 0.5) is 9.59 Å². The maximum absolute atomic E-state index is 13.5. The Balaban J connectivity index is 1.59. The molecule has 4 bridgehead atoms. The van der Waals surface area contributed by atoms with Crippen LogP contribution in [0, 0.1) is 5.41 Å². The first-order chi connectivity index (χ1) is 17.5.